The Kier molecular flexibility index (Phi) is 6.27. The molecule has 0 spiro atoms. The number of hydrogen-bond acceptors (Lipinski definition) is 4. The molecule has 0 bridgehead atoms. The minimum atomic E-state index is -0.549. The van der Waals surface area contributed by atoms with Crippen molar-refractivity contribution in [1.29, 1.82) is 0 Å². The van der Waals surface area contributed by atoms with Crippen molar-refractivity contribution in [2.45, 2.75) is 19.9 Å². The molecule has 2 saturated heterocycles. The fourth-order valence-corrected chi connectivity index (χ4v) is 5.92. The number of fused-ring (bicyclic) bond motifs is 2. The molecule has 1 aromatic heterocycles. The van der Waals surface area contributed by atoms with Crippen molar-refractivity contribution in [3.05, 3.63) is 111 Å². The van der Waals surface area contributed by atoms with Crippen LogP contribution in [0.2, 0.25) is 0 Å². The molecule has 3 aromatic carbocycles. The van der Waals surface area contributed by atoms with E-state index in [1.165, 1.54) is 6.07 Å². The fourth-order valence-electron chi connectivity index (χ4n) is 5.92. The van der Waals surface area contributed by atoms with Gasteiger partial charge in [-0.2, -0.15) is 5.10 Å². The molecular formula is C30H28F2N4O2. The molecule has 0 radical (unpaired) electrons. The van der Waals surface area contributed by atoms with Crippen LogP contribution in [-0.2, 0) is 13.0 Å². The molecule has 2 aliphatic heterocycles. The molecule has 2 fully saturated rings. The van der Waals surface area contributed by atoms with Crippen LogP contribution in [0.5, 0.6) is 0 Å². The first-order valence-electron chi connectivity index (χ1n) is 12.9. The highest BCUT2D eigenvalue weighted by Crippen LogP contribution is 2.33. The van der Waals surface area contributed by atoms with Crippen molar-refractivity contribution in [2.75, 3.05) is 26.2 Å². The van der Waals surface area contributed by atoms with Crippen LogP contribution in [0.3, 0.4) is 0 Å². The van der Waals surface area contributed by atoms with Crippen LogP contribution < -0.4 is 5.56 Å². The average Bonchev–Trinajstić information content (AvgIpc) is 3.47. The lowest BCUT2D eigenvalue weighted by Crippen LogP contribution is -2.33. The summed E-state index contributed by atoms with van der Waals surface area (Å²) in [5, 5.41) is 8.00. The quantitative estimate of drug-likeness (QED) is 0.431. The van der Waals surface area contributed by atoms with Gasteiger partial charge in [0, 0.05) is 50.1 Å². The van der Waals surface area contributed by atoms with E-state index < -0.39 is 5.82 Å². The molecule has 194 valence electrons. The van der Waals surface area contributed by atoms with E-state index in [9.17, 15) is 18.4 Å². The number of hydrogen-bond donors (Lipinski definition) is 1. The number of H-pyrrole nitrogens is 1. The molecular weight excluding hydrogens is 486 g/mol. The zero-order valence-corrected chi connectivity index (χ0v) is 21.1. The van der Waals surface area contributed by atoms with Crippen LogP contribution in [0.15, 0.2) is 65.5 Å². The Hall–Kier alpha value is -3.91. The van der Waals surface area contributed by atoms with E-state index in [0.29, 0.717) is 42.7 Å². The normalized spacial score (nSPS) is 19.3. The van der Waals surface area contributed by atoms with E-state index in [1.807, 2.05) is 31.2 Å². The number of nitrogens with one attached hydrogen (secondary N) is 1. The standard InChI is InChI=1S/C30H28F2N4O2/c1-18-6-8-20(27(32)10-18)13-35-14-21-16-36(17-22(21)15-35)30(38)25-11-19(7-9-26(25)31)12-28-23-4-2-3-5-24(23)29(37)34-33-28/h2-11,21-22H,12-17H2,1H3,(H,34,37). The SMILES string of the molecule is Cc1ccc(CN2CC3CN(C(=O)c4cc(Cc5n[nH]c(=O)c6ccccc56)ccc4F)CC3C2)c(F)c1. The van der Waals surface area contributed by atoms with Crippen LogP contribution in [-0.4, -0.2) is 52.1 Å². The number of aromatic amines is 1. The molecule has 2 unspecified atom stereocenters. The molecule has 38 heavy (non-hydrogen) atoms. The third-order valence-electron chi connectivity index (χ3n) is 7.86. The Bertz CT molecular complexity index is 1590. The monoisotopic (exact) mass is 514 g/mol. The predicted octanol–water partition coefficient (Wildman–Crippen LogP) is 4.30. The third-order valence-corrected chi connectivity index (χ3v) is 7.86. The molecule has 2 atom stereocenters. The summed E-state index contributed by atoms with van der Waals surface area (Å²) in [5.74, 6) is -0.467. The van der Waals surface area contributed by atoms with Crippen molar-refractivity contribution in [3.8, 4) is 0 Å². The lowest BCUT2D eigenvalue weighted by molar-refractivity contribution is 0.0768. The molecule has 4 aromatic rings. The Morgan fingerprint density at radius 2 is 1.68 bits per heavy atom. The van der Waals surface area contributed by atoms with Gasteiger partial charge in [-0.1, -0.05) is 36.4 Å². The van der Waals surface area contributed by atoms with Crippen molar-refractivity contribution in [2.24, 2.45) is 11.8 Å². The Morgan fingerprint density at radius 3 is 2.42 bits per heavy atom. The Morgan fingerprint density at radius 1 is 0.947 bits per heavy atom. The second-order valence-corrected chi connectivity index (χ2v) is 10.6. The highest BCUT2D eigenvalue weighted by molar-refractivity contribution is 5.95. The Labute approximate surface area is 218 Å². The largest absolute Gasteiger partial charge is 0.338 e. The van der Waals surface area contributed by atoms with E-state index in [-0.39, 0.29) is 34.7 Å². The van der Waals surface area contributed by atoms with Crippen LogP contribution in [0.25, 0.3) is 10.8 Å². The number of nitrogens with zero attached hydrogens (tertiary/aromatic N) is 3. The van der Waals surface area contributed by atoms with Gasteiger partial charge in [-0.25, -0.2) is 13.9 Å². The van der Waals surface area contributed by atoms with Crippen molar-refractivity contribution < 1.29 is 13.6 Å². The third kappa shape index (κ3) is 4.60. The molecule has 1 amide bonds. The fraction of sp³-hybridized carbons (Fsp3) is 0.300. The van der Waals surface area contributed by atoms with Crippen molar-refractivity contribution in [1.82, 2.24) is 20.0 Å². The summed E-state index contributed by atoms with van der Waals surface area (Å²) >= 11 is 0. The number of halogens is 2. The summed E-state index contributed by atoms with van der Waals surface area (Å²) < 4.78 is 29.1. The minimum absolute atomic E-state index is 0.0507. The summed E-state index contributed by atoms with van der Waals surface area (Å²) in [4.78, 5) is 29.5. The van der Waals surface area contributed by atoms with Gasteiger partial charge in [-0.15, -0.1) is 0 Å². The number of carbonyl (C=O) groups excluding carboxylic acids is 1. The molecule has 8 heteroatoms. The summed E-state index contributed by atoms with van der Waals surface area (Å²) in [5.41, 5.74) is 2.78. The summed E-state index contributed by atoms with van der Waals surface area (Å²) in [6, 6.07) is 17.1. The molecule has 6 rings (SSSR count). The minimum Gasteiger partial charge on any atom is -0.338 e. The van der Waals surface area contributed by atoms with Gasteiger partial charge >= 0.3 is 0 Å². The first-order chi connectivity index (χ1) is 18.4. The first-order valence-corrected chi connectivity index (χ1v) is 12.9. The second-order valence-electron chi connectivity index (χ2n) is 10.6. The number of carbonyl (C=O) groups is 1. The number of rotatable bonds is 5. The van der Waals surface area contributed by atoms with E-state index in [0.717, 1.165) is 29.6 Å². The van der Waals surface area contributed by atoms with E-state index in [4.69, 9.17) is 0 Å². The van der Waals surface area contributed by atoms with Crippen LogP contribution >= 0.6 is 0 Å². The zero-order chi connectivity index (χ0) is 26.4. The van der Waals surface area contributed by atoms with Gasteiger partial charge in [0.05, 0.1) is 16.6 Å². The van der Waals surface area contributed by atoms with Gasteiger partial charge in [0.15, 0.2) is 0 Å². The van der Waals surface area contributed by atoms with Crippen molar-refractivity contribution in [3.63, 3.8) is 0 Å². The Balaban J connectivity index is 1.15. The highest BCUT2D eigenvalue weighted by Gasteiger charge is 2.42. The molecule has 0 saturated carbocycles. The van der Waals surface area contributed by atoms with Gasteiger partial charge in [-0.3, -0.25) is 14.5 Å². The predicted molar refractivity (Wildman–Crippen MR) is 141 cm³/mol. The van der Waals surface area contributed by atoms with E-state index in [2.05, 4.69) is 15.1 Å². The summed E-state index contributed by atoms with van der Waals surface area (Å²) in [6.45, 7) is 5.12. The lowest BCUT2D eigenvalue weighted by Gasteiger charge is -2.22. The summed E-state index contributed by atoms with van der Waals surface area (Å²) in [6.07, 6.45) is 0.355. The van der Waals surface area contributed by atoms with Crippen molar-refractivity contribution >= 4 is 16.7 Å². The number of benzene rings is 3. The number of amides is 1. The summed E-state index contributed by atoms with van der Waals surface area (Å²) in [7, 11) is 0. The van der Waals surface area contributed by atoms with Crippen LogP contribution in [0.1, 0.15) is 32.7 Å². The van der Waals surface area contributed by atoms with Crippen LogP contribution in [0, 0.1) is 30.4 Å². The average molecular weight is 515 g/mol. The van der Waals surface area contributed by atoms with Gasteiger partial charge in [-0.05, 0) is 54.2 Å². The molecule has 1 N–H and O–H groups in total. The smallest absolute Gasteiger partial charge is 0.272 e. The van der Waals surface area contributed by atoms with Crippen LogP contribution in [0.4, 0.5) is 8.78 Å². The lowest BCUT2D eigenvalue weighted by atomic mass is 10.0. The maximum atomic E-state index is 14.8. The first kappa shape index (κ1) is 24.4. The number of aromatic nitrogens is 2. The molecule has 0 aliphatic carbocycles. The van der Waals surface area contributed by atoms with Gasteiger partial charge in [0.2, 0.25) is 0 Å². The second kappa shape index (κ2) is 9.76. The molecule has 3 heterocycles. The maximum absolute atomic E-state index is 14.8. The molecule has 2 aliphatic rings. The van der Waals surface area contributed by atoms with Gasteiger partial charge < -0.3 is 4.90 Å². The maximum Gasteiger partial charge on any atom is 0.272 e. The van der Waals surface area contributed by atoms with E-state index >= 15 is 0 Å². The zero-order valence-electron chi connectivity index (χ0n) is 21.1. The topological polar surface area (TPSA) is 69.3 Å². The van der Waals surface area contributed by atoms with Gasteiger partial charge in [0.1, 0.15) is 11.6 Å². The molecule has 6 nitrogen and oxygen atoms in total. The highest BCUT2D eigenvalue weighted by atomic mass is 19.1. The number of aryl methyl sites for hydroxylation is 1. The number of likely N-dealkylation sites (tertiary alicyclic amines) is 2. The van der Waals surface area contributed by atoms with Gasteiger partial charge in [0.25, 0.3) is 11.5 Å². The van der Waals surface area contributed by atoms with E-state index in [1.54, 1.807) is 35.2 Å².